The zero-order chi connectivity index (χ0) is 9.56. The van der Waals surface area contributed by atoms with Gasteiger partial charge >= 0.3 is 0 Å². The van der Waals surface area contributed by atoms with Crippen molar-refractivity contribution in [3.05, 3.63) is 6.29 Å². The van der Waals surface area contributed by atoms with Gasteiger partial charge in [-0.3, -0.25) is 0 Å². The largest absolute Gasteiger partial charge is 0.345 e. The van der Waals surface area contributed by atoms with E-state index in [0.717, 1.165) is 13.2 Å². The van der Waals surface area contributed by atoms with Gasteiger partial charge in [0.05, 0.1) is 13.2 Å². The van der Waals surface area contributed by atoms with Crippen LogP contribution in [0.3, 0.4) is 0 Å². The maximum Gasteiger partial charge on any atom is 0.220 e. The van der Waals surface area contributed by atoms with Crippen LogP contribution in [0.4, 0.5) is 0 Å². The standard InChI is InChI=1S/C10H21O2/c1-8(2)6-11-10(5)12-7-9(3)4/h8-9H,6-7H2,1-5H3. The van der Waals surface area contributed by atoms with Crippen molar-refractivity contribution in [3.63, 3.8) is 0 Å². The minimum atomic E-state index is 0.558. The molecule has 0 aliphatic carbocycles. The Balaban J connectivity index is 3.27. The molecule has 0 aliphatic heterocycles. The molecule has 0 fully saturated rings. The van der Waals surface area contributed by atoms with E-state index in [9.17, 15) is 0 Å². The van der Waals surface area contributed by atoms with Gasteiger partial charge in [-0.1, -0.05) is 27.7 Å². The van der Waals surface area contributed by atoms with Gasteiger partial charge < -0.3 is 9.47 Å². The van der Waals surface area contributed by atoms with E-state index in [2.05, 4.69) is 27.7 Å². The highest BCUT2D eigenvalue weighted by Gasteiger charge is 2.06. The molecule has 1 radical (unpaired) electrons. The predicted octanol–water partition coefficient (Wildman–Crippen LogP) is 2.84. The van der Waals surface area contributed by atoms with Crippen molar-refractivity contribution < 1.29 is 9.47 Å². The van der Waals surface area contributed by atoms with E-state index in [-0.39, 0.29) is 0 Å². The highest BCUT2D eigenvalue weighted by atomic mass is 16.7. The zero-order valence-electron chi connectivity index (χ0n) is 8.89. The van der Waals surface area contributed by atoms with Crippen molar-refractivity contribution in [1.29, 1.82) is 0 Å². The van der Waals surface area contributed by atoms with Crippen molar-refractivity contribution in [1.82, 2.24) is 0 Å². The first-order valence-corrected chi connectivity index (χ1v) is 4.61. The Morgan fingerprint density at radius 1 is 0.917 bits per heavy atom. The van der Waals surface area contributed by atoms with Crippen LogP contribution < -0.4 is 0 Å². The van der Waals surface area contributed by atoms with Gasteiger partial charge in [0.1, 0.15) is 0 Å². The lowest BCUT2D eigenvalue weighted by Gasteiger charge is -2.14. The first kappa shape index (κ1) is 11.9. The van der Waals surface area contributed by atoms with Gasteiger partial charge in [-0.2, -0.15) is 0 Å². The first-order valence-electron chi connectivity index (χ1n) is 4.61. The van der Waals surface area contributed by atoms with Crippen molar-refractivity contribution in [2.75, 3.05) is 13.2 Å². The molecule has 0 rings (SSSR count). The lowest BCUT2D eigenvalue weighted by Crippen LogP contribution is -2.12. The molecule has 0 unspecified atom stereocenters. The molecule has 0 heterocycles. The molecule has 0 aromatic rings. The topological polar surface area (TPSA) is 18.5 Å². The number of ether oxygens (including phenoxy) is 2. The summed E-state index contributed by atoms with van der Waals surface area (Å²) in [7, 11) is 0. The molecule has 73 valence electrons. The van der Waals surface area contributed by atoms with Crippen molar-refractivity contribution in [3.8, 4) is 0 Å². The molecule has 0 bridgehead atoms. The van der Waals surface area contributed by atoms with Crippen LogP contribution in [-0.2, 0) is 9.47 Å². The van der Waals surface area contributed by atoms with Crippen LogP contribution in [0.5, 0.6) is 0 Å². The van der Waals surface area contributed by atoms with Crippen molar-refractivity contribution >= 4 is 0 Å². The van der Waals surface area contributed by atoms with Crippen LogP contribution >= 0.6 is 0 Å². The predicted molar refractivity (Wildman–Crippen MR) is 50.5 cm³/mol. The second-order valence-corrected chi connectivity index (χ2v) is 3.90. The minimum Gasteiger partial charge on any atom is -0.345 e. The van der Waals surface area contributed by atoms with Crippen molar-refractivity contribution in [2.24, 2.45) is 11.8 Å². The summed E-state index contributed by atoms with van der Waals surface area (Å²) in [5, 5.41) is 0. The molecule has 0 aromatic heterocycles. The fourth-order valence-corrected chi connectivity index (χ4v) is 0.610. The minimum absolute atomic E-state index is 0.558. The molecular weight excluding hydrogens is 152 g/mol. The maximum absolute atomic E-state index is 5.35. The molecule has 12 heavy (non-hydrogen) atoms. The van der Waals surface area contributed by atoms with Gasteiger partial charge in [-0.05, 0) is 18.8 Å². The lowest BCUT2D eigenvalue weighted by atomic mass is 10.2. The maximum atomic E-state index is 5.35. The van der Waals surface area contributed by atoms with Crippen LogP contribution in [0, 0.1) is 18.1 Å². The normalized spacial score (nSPS) is 12.0. The Kier molecular flexibility index (Phi) is 6.39. The van der Waals surface area contributed by atoms with E-state index in [1.165, 1.54) is 0 Å². The van der Waals surface area contributed by atoms with Gasteiger partial charge in [0.15, 0.2) is 0 Å². The Morgan fingerprint density at radius 2 is 1.25 bits per heavy atom. The third-order valence-electron chi connectivity index (χ3n) is 1.24. The van der Waals surface area contributed by atoms with E-state index in [1.807, 2.05) is 6.92 Å². The monoisotopic (exact) mass is 173 g/mol. The van der Waals surface area contributed by atoms with E-state index in [0.29, 0.717) is 18.1 Å². The average molecular weight is 173 g/mol. The third-order valence-corrected chi connectivity index (χ3v) is 1.24. The van der Waals surface area contributed by atoms with Gasteiger partial charge in [0.25, 0.3) is 0 Å². The quantitative estimate of drug-likeness (QED) is 0.615. The summed E-state index contributed by atoms with van der Waals surface area (Å²) in [5.74, 6) is 1.12. The van der Waals surface area contributed by atoms with Crippen LogP contribution in [0.2, 0.25) is 0 Å². The molecule has 0 saturated heterocycles. The summed E-state index contributed by atoms with van der Waals surface area (Å²) >= 11 is 0. The second kappa shape index (κ2) is 6.44. The van der Waals surface area contributed by atoms with Crippen LogP contribution in [0.25, 0.3) is 0 Å². The fourth-order valence-electron chi connectivity index (χ4n) is 0.610. The van der Waals surface area contributed by atoms with E-state index in [1.54, 1.807) is 0 Å². The highest BCUT2D eigenvalue weighted by molar-refractivity contribution is 4.57. The highest BCUT2D eigenvalue weighted by Crippen LogP contribution is 2.07. The Bertz CT molecular complexity index is 88.0. The van der Waals surface area contributed by atoms with E-state index < -0.39 is 0 Å². The van der Waals surface area contributed by atoms with Crippen LogP contribution in [0.15, 0.2) is 0 Å². The van der Waals surface area contributed by atoms with E-state index >= 15 is 0 Å². The van der Waals surface area contributed by atoms with Crippen LogP contribution in [-0.4, -0.2) is 13.2 Å². The Hall–Kier alpha value is -0.0800. The lowest BCUT2D eigenvalue weighted by molar-refractivity contribution is -0.0528. The molecule has 0 amide bonds. The zero-order valence-corrected chi connectivity index (χ0v) is 8.89. The number of rotatable bonds is 6. The van der Waals surface area contributed by atoms with Gasteiger partial charge in [-0.25, -0.2) is 0 Å². The molecule has 0 saturated carbocycles. The van der Waals surface area contributed by atoms with Crippen LogP contribution in [0.1, 0.15) is 34.6 Å². The molecule has 0 spiro atoms. The summed E-state index contributed by atoms with van der Waals surface area (Å²) < 4.78 is 10.7. The molecule has 2 nitrogen and oxygen atoms in total. The Labute approximate surface area is 76.3 Å². The Morgan fingerprint density at radius 3 is 1.50 bits per heavy atom. The molecule has 2 heteroatoms. The number of hydrogen-bond donors (Lipinski definition) is 0. The summed E-state index contributed by atoms with van der Waals surface area (Å²) in [5.41, 5.74) is 0. The third kappa shape index (κ3) is 8.02. The smallest absolute Gasteiger partial charge is 0.220 e. The first-order chi connectivity index (χ1) is 5.52. The molecular formula is C10H21O2. The van der Waals surface area contributed by atoms with Gasteiger partial charge in [0.2, 0.25) is 6.29 Å². The summed E-state index contributed by atoms with van der Waals surface area (Å²) in [6.45, 7) is 11.8. The number of hydrogen-bond acceptors (Lipinski definition) is 2. The molecule has 0 aliphatic rings. The SMILES string of the molecule is C[C](OCC(C)C)OCC(C)C. The second-order valence-electron chi connectivity index (χ2n) is 3.90. The fraction of sp³-hybridized carbons (Fsp3) is 0.900. The average Bonchev–Trinajstić information content (AvgIpc) is 1.96. The molecule has 0 N–H and O–H groups in total. The summed E-state index contributed by atoms with van der Waals surface area (Å²) in [4.78, 5) is 0. The summed E-state index contributed by atoms with van der Waals surface area (Å²) in [6.07, 6.45) is 0.692. The summed E-state index contributed by atoms with van der Waals surface area (Å²) in [6, 6.07) is 0. The van der Waals surface area contributed by atoms with Crippen molar-refractivity contribution in [2.45, 2.75) is 34.6 Å². The van der Waals surface area contributed by atoms with Gasteiger partial charge in [0, 0.05) is 0 Å². The molecule has 0 aromatic carbocycles. The van der Waals surface area contributed by atoms with E-state index in [4.69, 9.17) is 9.47 Å². The molecule has 0 atom stereocenters. The van der Waals surface area contributed by atoms with Gasteiger partial charge in [-0.15, -0.1) is 0 Å².